The number of piperidine rings is 1. The van der Waals surface area contributed by atoms with Crippen LogP contribution < -0.4 is 20.5 Å². The van der Waals surface area contributed by atoms with Crippen LogP contribution in [0.5, 0.6) is 5.75 Å². The molecule has 4 N–H and O–H groups in total. The van der Waals surface area contributed by atoms with E-state index < -0.39 is 12.7 Å². The van der Waals surface area contributed by atoms with Crippen molar-refractivity contribution in [2.45, 2.75) is 42.9 Å². The molecule has 8 nitrogen and oxygen atoms in total. The van der Waals surface area contributed by atoms with Crippen molar-refractivity contribution in [1.29, 1.82) is 5.26 Å². The van der Waals surface area contributed by atoms with Crippen molar-refractivity contribution >= 4 is 40.5 Å². The largest absolute Gasteiger partial charge is 0.495 e. The number of alkyl halides is 3. The van der Waals surface area contributed by atoms with E-state index in [1.807, 2.05) is 18.2 Å². The molecular formula is C29H33F3N6O2S. The van der Waals surface area contributed by atoms with Crippen LogP contribution >= 0.6 is 11.9 Å². The number of benzene rings is 2. The van der Waals surface area contributed by atoms with E-state index in [1.165, 1.54) is 4.57 Å². The number of carbonyl (C=O) groups excluding carboxylic acids is 1. The van der Waals surface area contributed by atoms with Gasteiger partial charge >= 0.3 is 6.18 Å². The van der Waals surface area contributed by atoms with Crippen molar-refractivity contribution in [2.75, 3.05) is 44.4 Å². The summed E-state index contributed by atoms with van der Waals surface area (Å²) in [7, 11) is 3.66. The van der Waals surface area contributed by atoms with Crippen LogP contribution in [0.4, 0.5) is 24.5 Å². The fourth-order valence-electron chi connectivity index (χ4n) is 4.44. The lowest BCUT2D eigenvalue weighted by Gasteiger charge is -2.30. The summed E-state index contributed by atoms with van der Waals surface area (Å²) in [6.45, 7) is 1.12. The maximum Gasteiger partial charge on any atom is 0.406 e. The summed E-state index contributed by atoms with van der Waals surface area (Å²) in [6.07, 6.45) is -1.81. The lowest BCUT2D eigenvalue weighted by molar-refractivity contribution is -0.140. The molecule has 1 aliphatic rings. The van der Waals surface area contributed by atoms with Crippen molar-refractivity contribution in [2.24, 2.45) is 5.14 Å². The predicted octanol–water partition coefficient (Wildman–Crippen LogP) is 5.25. The fourth-order valence-corrected chi connectivity index (χ4v) is 4.76. The summed E-state index contributed by atoms with van der Waals surface area (Å²) in [5.41, 5.74) is 2.40. The summed E-state index contributed by atoms with van der Waals surface area (Å²) >= 11 is 1.11. The molecule has 3 aromatic rings. The van der Waals surface area contributed by atoms with Gasteiger partial charge in [-0.15, -0.1) is 0 Å². The highest BCUT2D eigenvalue weighted by Crippen LogP contribution is 2.31. The minimum absolute atomic E-state index is 0.0139. The van der Waals surface area contributed by atoms with Crippen LogP contribution in [0.1, 0.15) is 25.0 Å². The molecule has 1 saturated heterocycles. The van der Waals surface area contributed by atoms with Gasteiger partial charge in [-0.05, 0) is 87.2 Å². The average Bonchev–Trinajstić information content (AvgIpc) is 3.29. The molecule has 4 rings (SSSR count). The number of hydrogen-bond acceptors (Lipinski definition) is 8. The van der Waals surface area contributed by atoms with Gasteiger partial charge in [-0.3, -0.25) is 5.14 Å². The maximum atomic E-state index is 13.5. The van der Waals surface area contributed by atoms with Gasteiger partial charge in [-0.2, -0.15) is 18.4 Å². The predicted molar refractivity (Wildman–Crippen MR) is 157 cm³/mol. The Labute approximate surface area is 242 Å². The zero-order chi connectivity index (χ0) is 29.8. The molecule has 218 valence electrons. The third-order valence-corrected chi connectivity index (χ3v) is 6.95. The zero-order valence-electron chi connectivity index (χ0n) is 22.9. The monoisotopic (exact) mass is 586 g/mol. The normalized spacial score (nSPS) is 13.8. The Morgan fingerprint density at radius 1 is 1.20 bits per heavy atom. The molecule has 1 aliphatic heterocycles. The Balaban J connectivity index is 0.000000850. The molecule has 0 amide bonds. The molecule has 0 atom stereocenters. The topological polar surface area (TPSA) is 108 Å². The van der Waals surface area contributed by atoms with E-state index in [2.05, 4.69) is 34.4 Å². The Morgan fingerprint density at radius 2 is 1.95 bits per heavy atom. The number of carbonyl (C=O) groups is 1. The quantitative estimate of drug-likeness (QED) is 0.187. The Morgan fingerprint density at radius 3 is 2.56 bits per heavy atom. The van der Waals surface area contributed by atoms with Gasteiger partial charge in [0.15, 0.2) is 0 Å². The van der Waals surface area contributed by atoms with Crippen LogP contribution in [0, 0.1) is 23.2 Å². The molecule has 1 fully saturated rings. The van der Waals surface area contributed by atoms with Crippen molar-refractivity contribution in [3.05, 3.63) is 48.2 Å². The minimum Gasteiger partial charge on any atom is -0.495 e. The van der Waals surface area contributed by atoms with Crippen LogP contribution in [0.15, 0.2) is 47.4 Å². The highest BCUT2D eigenvalue weighted by atomic mass is 32.2. The number of methoxy groups -OCH3 is 1. The number of anilines is 2. The summed E-state index contributed by atoms with van der Waals surface area (Å²) in [4.78, 5) is 12.3. The van der Waals surface area contributed by atoms with E-state index in [0.29, 0.717) is 23.2 Å². The molecule has 0 unspecified atom stereocenters. The molecule has 12 heteroatoms. The number of fused-ring (bicyclic) bond motifs is 1. The summed E-state index contributed by atoms with van der Waals surface area (Å²) in [5.74, 6) is 6.52. The average molecular weight is 587 g/mol. The number of nitrogens with one attached hydrogen (secondary N) is 2. The first-order chi connectivity index (χ1) is 19.7. The highest BCUT2D eigenvalue weighted by Gasteiger charge is 2.30. The van der Waals surface area contributed by atoms with E-state index in [1.54, 1.807) is 37.4 Å². The molecule has 1 aromatic heterocycles. The van der Waals surface area contributed by atoms with Crippen LogP contribution in [0.3, 0.4) is 0 Å². The second-order valence-electron chi connectivity index (χ2n) is 9.36. The Bertz CT molecular complexity index is 1420. The number of rotatable bonds is 8. The maximum absolute atomic E-state index is 13.5. The SMILES string of the molecule is COc1cc(SN)ccc1NCC#Cc1cc2c(NC3CCN(C)CC3)cccc2n1CC(F)(F)F.N#CCC=O. The van der Waals surface area contributed by atoms with Gasteiger partial charge in [0, 0.05) is 22.0 Å². The lowest BCUT2D eigenvalue weighted by atomic mass is 10.0. The second kappa shape index (κ2) is 15.2. The van der Waals surface area contributed by atoms with Crippen molar-refractivity contribution < 1.29 is 22.7 Å². The van der Waals surface area contributed by atoms with Gasteiger partial charge in [-0.25, -0.2) is 0 Å². The first kappa shape index (κ1) is 31.7. The Hall–Kier alpha value is -3.84. The summed E-state index contributed by atoms with van der Waals surface area (Å²) in [5, 5.41) is 20.6. The van der Waals surface area contributed by atoms with Crippen LogP contribution in [-0.4, -0.2) is 61.8 Å². The molecular weight excluding hydrogens is 553 g/mol. The molecule has 0 spiro atoms. The second-order valence-corrected chi connectivity index (χ2v) is 10.1. The van der Waals surface area contributed by atoms with Crippen LogP contribution in [0.2, 0.25) is 0 Å². The first-order valence-electron chi connectivity index (χ1n) is 12.9. The van der Waals surface area contributed by atoms with Gasteiger partial charge in [0.1, 0.15) is 18.6 Å². The van der Waals surface area contributed by atoms with Crippen molar-refractivity contribution in [1.82, 2.24) is 9.47 Å². The van der Waals surface area contributed by atoms with Crippen LogP contribution in [-0.2, 0) is 11.3 Å². The fraction of sp³-hybridized carbons (Fsp3) is 0.379. The lowest BCUT2D eigenvalue weighted by Crippen LogP contribution is -2.36. The van der Waals surface area contributed by atoms with Gasteiger partial charge < -0.3 is 29.6 Å². The smallest absolute Gasteiger partial charge is 0.406 e. The van der Waals surface area contributed by atoms with Crippen molar-refractivity contribution in [3.8, 4) is 23.7 Å². The van der Waals surface area contributed by atoms with Gasteiger partial charge in [0.25, 0.3) is 0 Å². The molecule has 0 bridgehead atoms. The van der Waals surface area contributed by atoms with E-state index >= 15 is 0 Å². The number of ether oxygens (including phenoxy) is 1. The number of aldehydes is 1. The molecule has 41 heavy (non-hydrogen) atoms. The number of nitrogens with two attached hydrogens (primary N) is 1. The number of halogens is 3. The first-order valence-corrected chi connectivity index (χ1v) is 13.8. The van der Waals surface area contributed by atoms with E-state index in [-0.39, 0.29) is 19.0 Å². The number of aromatic nitrogens is 1. The number of hydrogen-bond donors (Lipinski definition) is 3. The third kappa shape index (κ3) is 9.35. The summed E-state index contributed by atoms with van der Waals surface area (Å²) < 4.78 is 47.0. The standard InChI is InChI=1S/C26H30F3N5OS.C3H3NO/c1-33-13-10-18(11-14-33)32-22-6-3-7-24-21(22)15-19(34(24)17-26(27,28)29)5-4-12-31-23-9-8-20(36-30)16-25(23)35-2;4-2-1-3-5/h3,6-9,15-16,18,31-32H,10-14,17,30H2,1-2H3;3H,1H2. The Kier molecular flexibility index (Phi) is 11.8. The number of nitriles is 1. The zero-order valence-corrected chi connectivity index (χ0v) is 23.7. The number of likely N-dealkylation sites (tertiary alicyclic amines) is 1. The van der Waals surface area contributed by atoms with E-state index in [0.717, 1.165) is 59.5 Å². The third-order valence-electron chi connectivity index (χ3n) is 6.43. The van der Waals surface area contributed by atoms with E-state index in [4.69, 9.17) is 15.1 Å². The van der Waals surface area contributed by atoms with Crippen molar-refractivity contribution in [3.63, 3.8) is 0 Å². The van der Waals surface area contributed by atoms with Gasteiger partial charge in [0.2, 0.25) is 0 Å². The highest BCUT2D eigenvalue weighted by molar-refractivity contribution is 7.97. The number of nitrogens with zero attached hydrogens (tertiary/aromatic N) is 3. The van der Waals surface area contributed by atoms with Gasteiger partial charge in [0.05, 0.1) is 43.0 Å². The van der Waals surface area contributed by atoms with E-state index in [9.17, 15) is 18.0 Å². The molecule has 2 aromatic carbocycles. The summed E-state index contributed by atoms with van der Waals surface area (Å²) in [6, 6.07) is 14.6. The van der Waals surface area contributed by atoms with Gasteiger partial charge in [-0.1, -0.05) is 12.0 Å². The molecule has 2 heterocycles. The van der Waals surface area contributed by atoms with Crippen LogP contribution in [0.25, 0.3) is 10.9 Å². The molecule has 0 radical (unpaired) electrons. The molecule has 0 saturated carbocycles. The molecule has 0 aliphatic carbocycles. The minimum atomic E-state index is -4.37.